The zero-order valence-corrected chi connectivity index (χ0v) is 9.84. The summed E-state index contributed by atoms with van der Waals surface area (Å²) in [5, 5.41) is 11.4. The lowest BCUT2D eigenvalue weighted by molar-refractivity contribution is -0.121. The number of nitrogens with zero attached hydrogens (tertiary/aromatic N) is 1. The molecule has 3 heteroatoms. The number of hydrogen-bond acceptors (Lipinski definition) is 2. The van der Waals surface area contributed by atoms with Crippen LogP contribution in [-0.2, 0) is 4.79 Å². The van der Waals surface area contributed by atoms with Crippen LogP contribution in [0.4, 0.5) is 0 Å². The van der Waals surface area contributed by atoms with E-state index in [1.165, 1.54) is 6.42 Å². The Hall–Kier alpha value is -1.04. The minimum Gasteiger partial charge on any atom is -0.352 e. The Morgan fingerprint density at radius 1 is 1.53 bits per heavy atom. The summed E-state index contributed by atoms with van der Waals surface area (Å²) in [5.74, 6) is 0.522. The lowest BCUT2D eigenvalue weighted by Crippen LogP contribution is -2.42. The molecule has 0 aromatic rings. The van der Waals surface area contributed by atoms with Gasteiger partial charge in [0.2, 0.25) is 5.91 Å². The molecular weight excluding hydrogens is 188 g/mol. The Kier molecular flexibility index (Phi) is 3.73. The number of carbonyl (C=O) groups is 1. The molecule has 15 heavy (non-hydrogen) atoms. The molecule has 0 unspecified atom stereocenters. The molecule has 0 heterocycles. The summed E-state index contributed by atoms with van der Waals surface area (Å²) in [6.45, 7) is 6.71. The monoisotopic (exact) mass is 208 g/mol. The molecule has 1 fully saturated rings. The highest BCUT2D eigenvalue weighted by molar-refractivity contribution is 5.78. The molecule has 0 bridgehead atoms. The van der Waals surface area contributed by atoms with Gasteiger partial charge in [0.25, 0.3) is 0 Å². The maximum atomic E-state index is 11.3. The van der Waals surface area contributed by atoms with E-state index in [1.54, 1.807) is 0 Å². The van der Waals surface area contributed by atoms with E-state index >= 15 is 0 Å². The molecule has 0 aromatic heterocycles. The van der Waals surface area contributed by atoms with Crippen molar-refractivity contribution >= 4 is 5.91 Å². The molecule has 1 rings (SSSR count). The molecule has 1 saturated carbocycles. The maximum Gasteiger partial charge on any atom is 0.234 e. The molecule has 1 amide bonds. The third-order valence-electron chi connectivity index (χ3n) is 2.99. The zero-order chi connectivity index (χ0) is 11.5. The van der Waals surface area contributed by atoms with E-state index in [2.05, 4.69) is 26.1 Å². The average molecular weight is 208 g/mol. The smallest absolute Gasteiger partial charge is 0.234 e. The van der Waals surface area contributed by atoms with Crippen LogP contribution < -0.4 is 5.32 Å². The lowest BCUT2D eigenvalue weighted by Gasteiger charge is -2.39. The summed E-state index contributed by atoms with van der Waals surface area (Å²) in [5.41, 5.74) is 0.308. The number of rotatable bonds is 2. The predicted octanol–water partition coefficient (Wildman–Crippen LogP) is 2.23. The highest BCUT2D eigenvalue weighted by atomic mass is 16.1. The summed E-state index contributed by atoms with van der Waals surface area (Å²) in [6.07, 6.45) is 3.26. The second-order valence-electron chi connectivity index (χ2n) is 5.51. The fourth-order valence-electron chi connectivity index (χ4n) is 2.81. The van der Waals surface area contributed by atoms with E-state index in [4.69, 9.17) is 5.26 Å². The van der Waals surface area contributed by atoms with Crippen LogP contribution in [0.1, 0.15) is 46.5 Å². The van der Waals surface area contributed by atoms with Crippen molar-refractivity contribution < 1.29 is 4.79 Å². The first-order valence-electron chi connectivity index (χ1n) is 5.59. The molecule has 0 aliphatic heterocycles. The molecule has 1 aliphatic rings. The lowest BCUT2D eigenvalue weighted by atomic mass is 9.70. The van der Waals surface area contributed by atoms with E-state index in [1.807, 2.05) is 6.07 Å². The van der Waals surface area contributed by atoms with Crippen molar-refractivity contribution in [3.8, 4) is 6.07 Å². The third kappa shape index (κ3) is 3.91. The number of amides is 1. The van der Waals surface area contributed by atoms with Gasteiger partial charge >= 0.3 is 0 Å². The average Bonchev–Trinajstić information content (AvgIpc) is 1.99. The summed E-state index contributed by atoms with van der Waals surface area (Å²) in [6, 6.07) is 2.13. The van der Waals surface area contributed by atoms with Gasteiger partial charge in [0.1, 0.15) is 6.42 Å². The van der Waals surface area contributed by atoms with Crippen molar-refractivity contribution in [3.63, 3.8) is 0 Å². The van der Waals surface area contributed by atoms with Crippen molar-refractivity contribution in [2.75, 3.05) is 0 Å². The van der Waals surface area contributed by atoms with Crippen molar-refractivity contribution in [2.24, 2.45) is 11.3 Å². The summed E-state index contributed by atoms with van der Waals surface area (Å²) < 4.78 is 0. The van der Waals surface area contributed by atoms with Gasteiger partial charge in [0.05, 0.1) is 6.07 Å². The minimum atomic E-state index is -0.132. The van der Waals surface area contributed by atoms with Crippen LogP contribution in [0.3, 0.4) is 0 Å². The van der Waals surface area contributed by atoms with Gasteiger partial charge in [-0.15, -0.1) is 0 Å². The molecule has 1 aliphatic carbocycles. The van der Waals surface area contributed by atoms with E-state index in [9.17, 15) is 4.79 Å². The van der Waals surface area contributed by atoms with Crippen molar-refractivity contribution in [3.05, 3.63) is 0 Å². The molecule has 1 N–H and O–H groups in total. The van der Waals surface area contributed by atoms with Crippen molar-refractivity contribution in [1.29, 1.82) is 5.26 Å². The second kappa shape index (κ2) is 4.65. The fourth-order valence-corrected chi connectivity index (χ4v) is 2.81. The zero-order valence-electron chi connectivity index (χ0n) is 9.84. The van der Waals surface area contributed by atoms with Gasteiger partial charge in [-0.3, -0.25) is 4.79 Å². The Labute approximate surface area is 91.9 Å². The van der Waals surface area contributed by atoms with Crippen LogP contribution in [0.15, 0.2) is 0 Å². The molecule has 0 radical (unpaired) electrons. The van der Waals surface area contributed by atoms with E-state index < -0.39 is 0 Å². The van der Waals surface area contributed by atoms with Crippen LogP contribution in [0.2, 0.25) is 0 Å². The highest BCUT2D eigenvalue weighted by Gasteiger charge is 2.32. The molecule has 3 nitrogen and oxygen atoms in total. The highest BCUT2D eigenvalue weighted by Crippen LogP contribution is 2.38. The van der Waals surface area contributed by atoms with Crippen molar-refractivity contribution in [1.82, 2.24) is 5.32 Å². The van der Waals surface area contributed by atoms with E-state index in [0.717, 1.165) is 12.8 Å². The Morgan fingerprint density at radius 3 is 2.73 bits per heavy atom. The second-order valence-corrected chi connectivity index (χ2v) is 5.51. The predicted molar refractivity (Wildman–Crippen MR) is 59.0 cm³/mol. The first-order valence-corrected chi connectivity index (χ1v) is 5.59. The van der Waals surface area contributed by atoms with Gasteiger partial charge in [-0.1, -0.05) is 20.8 Å². The Balaban J connectivity index is 2.49. The van der Waals surface area contributed by atoms with Gasteiger partial charge in [0.15, 0.2) is 0 Å². The minimum absolute atomic E-state index is 0.0225. The summed E-state index contributed by atoms with van der Waals surface area (Å²) in [7, 11) is 0. The quantitative estimate of drug-likeness (QED) is 0.756. The van der Waals surface area contributed by atoms with Crippen LogP contribution in [0, 0.1) is 22.7 Å². The normalized spacial score (nSPS) is 29.2. The van der Waals surface area contributed by atoms with Crippen molar-refractivity contribution in [2.45, 2.75) is 52.5 Å². The first kappa shape index (κ1) is 12.0. The fraction of sp³-hybridized carbons (Fsp3) is 0.833. The number of nitrogens with one attached hydrogen (secondary N) is 1. The van der Waals surface area contributed by atoms with E-state index in [0.29, 0.717) is 11.3 Å². The van der Waals surface area contributed by atoms with Crippen LogP contribution in [0.5, 0.6) is 0 Å². The Bertz CT molecular complexity index is 278. The van der Waals surface area contributed by atoms with Crippen LogP contribution in [-0.4, -0.2) is 11.9 Å². The molecule has 2 atom stereocenters. The summed E-state index contributed by atoms with van der Waals surface area (Å²) in [4.78, 5) is 11.3. The first-order chi connectivity index (χ1) is 6.93. The number of carbonyl (C=O) groups excluding carboxylic acids is 1. The van der Waals surface area contributed by atoms with Gasteiger partial charge in [0, 0.05) is 6.04 Å². The number of nitriles is 1. The molecule has 84 valence electrons. The van der Waals surface area contributed by atoms with E-state index in [-0.39, 0.29) is 18.4 Å². The molecule has 0 spiro atoms. The standard InChI is InChI=1S/C12H20N2O/c1-9-6-10(8-12(2,3)7-9)14-11(15)4-5-13/h9-10H,4,6-8H2,1-3H3,(H,14,15)/t9-,10+/m0/s1. The largest absolute Gasteiger partial charge is 0.352 e. The Morgan fingerprint density at radius 2 is 2.20 bits per heavy atom. The van der Waals surface area contributed by atoms with Gasteiger partial charge < -0.3 is 5.32 Å². The SMILES string of the molecule is C[C@H]1C[C@@H](NC(=O)CC#N)CC(C)(C)C1. The summed E-state index contributed by atoms with van der Waals surface area (Å²) >= 11 is 0. The molecular formula is C12H20N2O. The maximum absolute atomic E-state index is 11.3. The van der Waals surface area contributed by atoms with Gasteiger partial charge in [-0.05, 0) is 30.6 Å². The third-order valence-corrected chi connectivity index (χ3v) is 2.99. The van der Waals surface area contributed by atoms with Gasteiger partial charge in [-0.25, -0.2) is 0 Å². The van der Waals surface area contributed by atoms with Crippen LogP contribution >= 0.6 is 0 Å². The molecule has 0 aromatic carbocycles. The van der Waals surface area contributed by atoms with Crippen LogP contribution in [0.25, 0.3) is 0 Å². The van der Waals surface area contributed by atoms with Gasteiger partial charge in [-0.2, -0.15) is 5.26 Å². The molecule has 0 saturated heterocycles. The number of hydrogen-bond donors (Lipinski definition) is 1. The topological polar surface area (TPSA) is 52.9 Å².